The highest BCUT2D eigenvalue weighted by atomic mass is 16.3. The zero-order valence-corrected chi connectivity index (χ0v) is 28.4. The summed E-state index contributed by atoms with van der Waals surface area (Å²) < 4.78 is 6.84. The lowest BCUT2D eigenvalue weighted by Crippen LogP contribution is -2.11. The molecular formula is C50H33NO. The molecule has 0 saturated carbocycles. The average Bonchev–Trinajstić information content (AvgIpc) is 3.60. The molecule has 1 aromatic heterocycles. The Morgan fingerprint density at radius 3 is 1.75 bits per heavy atom. The van der Waals surface area contributed by atoms with Crippen LogP contribution in [0.25, 0.3) is 76.9 Å². The van der Waals surface area contributed by atoms with Crippen LogP contribution in [0.4, 0.5) is 17.1 Å². The van der Waals surface area contributed by atoms with E-state index in [0.717, 1.165) is 44.6 Å². The number of rotatable bonds is 6. The van der Waals surface area contributed by atoms with Crippen molar-refractivity contribution in [2.24, 2.45) is 0 Å². The second kappa shape index (κ2) is 12.5. The Morgan fingerprint density at radius 2 is 0.942 bits per heavy atom. The van der Waals surface area contributed by atoms with Gasteiger partial charge in [0.2, 0.25) is 0 Å². The first-order chi connectivity index (χ1) is 25.8. The number of anilines is 3. The molecule has 0 atom stereocenters. The van der Waals surface area contributed by atoms with Gasteiger partial charge in [-0.2, -0.15) is 0 Å². The summed E-state index contributed by atoms with van der Waals surface area (Å²) in [5, 5.41) is 7.12. The van der Waals surface area contributed by atoms with Gasteiger partial charge in [-0.3, -0.25) is 0 Å². The van der Waals surface area contributed by atoms with E-state index in [1.54, 1.807) is 0 Å². The Morgan fingerprint density at radius 1 is 0.327 bits per heavy atom. The van der Waals surface area contributed by atoms with Crippen molar-refractivity contribution in [3.05, 3.63) is 200 Å². The first-order valence-electron chi connectivity index (χ1n) is 17.8. The Labute approximate surface area is 302 Å². The molecule has 0 aliphatic heterocycles. The second-order valence-corrected chi connectivity index (χ2v) is 13.3. The fourth-order valence-corrected chi connectivity index (χ4v) is 7.75. The van der Waals surface area contributed by atoms with Crippen LogP contribution in [0.2, 0.25) is 0 Å². The maximum Gasteiger partial charge on any atom is 0.137 e. The molecule has 1 heterocycles. The normalized spacial score (nSPS) is 11.5. The van der Waals surface area contributed by atoms with Crippen LogP contribution in [0, 0.1) is 0 Å². The standard InChI is InChI=1S/C50H33NO/c1-3-13-34(14-4-1)36-25-27-40(28-26-36)51(47-22-12-11-19-42(47)37-16-5-2-6-17-37)41-29-30-45-48(32-41)52-49-33-46(43-20-9-10-21-44(43)50(45)49)39-24-23-35-15-7-8-18-38(35)31-39/h1-33H. The summed E-state index contributed by atoms with van der Waals surface area (Å²) in [4.78, 5) is 2.35. The highest BCUT2D eigenvalue weighted by molar-refractivity contribution is 6.22. The summed E-state index contributed by atoms with van der Waals surface area (Å²) in [6.45, 7) is 0. The van der Waals surface area contributed by atoms with E-state index in [2.05, 4.69) is 205 Å². The maximum atomic E-state index is 6.84. The van der Waals surface area contributed by atoms with E-state index in [-0.39, 0.29) is 0 Å². The molecule has 0 N–H and O–H groups in total. The van der Waals surface area contributed by atoms with Gasteiger partial charge >= 0.3 is 0 Å². The molecule has 9 aromatic carbocycles. The van der Waals surface area contributed by atoms with Gasteiger partial charge < -0.3 is 9.32 Å². The number of hydrogen-bond donors (Lipinski definition) is 0. The number of benzene rings is 9. The minimum Gasteiger partial charge on any atom is -0.456 e. The first kappa shape index (κ1) is 30.0. The molecule has 0 amide bonds. The summed E-state index contributed by atoms with van der Waals surface area (Å²) in [5.74, 6) is 0. The third kappa shape index (κ3) is 5.12. The molecule has 10 aromatic rings. The van der Waals surface area contributed by atoms with Crippen molar-refractivity contribution < 1.29 is 4.42 Å². The Bertz CT molecular complexity index is 2890. The smallest absolute Gasteiger partial charge is 0.137 e. The van der Waals surface area contributed by atoms with Crippen LogP contribution >= 0.6 is 0 Å². The number of fused-ring (bicyclic) bond motifs is 6. The van der Waals surface area contributed by atoms with E-state index in [9.17, 15) is 0 Å². The minimum absolute atomic E-state index is 0.858. The summed E-state index contributed by atoms with van der Waals surface area (Å²) >= 11 is 0. The topological polar surface area (TPSA) is 16.4 Å². The largest absolute Gasteiger partial charge is 0.456 e. The lowest BCUT2D eigenvalue weighted by Gasteiger charge is -2.28. The van der Waals surface area contributed by atoms with E-state index in [4.69, 9.17) is 4.42 Å². The van der Waals surface area contributed by atoms with Gasteiger partial charge in [0, 0.05) is 33.8 Å². The van der Waals surface area contributed by atoms with Gasteiger partial charge in [-0.25, -0.2) is 0 Å². The zero-order chi connectivity index (χ0) is 34.4. The SMILES string of the molecule is c1ccc(-c2ccc(N(c3ccc4c(c3)oc3cc(-c5ccc6ccccc6c5)c5ccccc5c34)c3ccccc3-c3ccccc3)cc2)cc1. The lowest BCUT2D eigenvalue weighted by atomic mass is 9.93. The van der Waals surface area contributed by atoms with Gasteiger partial charge in [-0.05, 0) is 91.8 Å². The van der Waals surface area contributed by atoms with Crippen molar-refractivity contribution in [3.8, 4) is 33.4 Å². The Kier molecular flexibility index (Phi) is 7.18. The van der Waals surface area contributed by atoms with Crippen LogP contribution in [-0.4, -0.2) is 0 Å². The maximum absolute atomic E-state index is 6.84. The van der Waals surface area contributed by atoms with E-state index in [0.29, 0.717) is 0 Å². The third-order valence-corrected chi connectivity index (χ3v) is 10.2. The molecule has 0 radical (unpaired) electrons. The van der Waals surface area contributed by atoms with Gasteiger partial charge in [-0.15, -0.1) is 0 Å². The molecule has 0 saturated heterocycles. The molecule has 2 heteroatoms. The van der Waals surface area contributed by atoms with E-state index in [1.807, 2.05) is 0 Å². The van der Waals surface area contributed by atoms with E-state index < -0.39 is 0 Å². The van der Waals surface area contributed by atoms with Crippen molar-refractivity contribution in [1.82, 2.24) is 0 Å². The molecule has 0 unspecified atom stereocenters. The van der Waals surface area contributed by atoms with Crippen LogP contribution in [0.5, 0.6) is 0 Å². The molecule has 0 spiro atoms. The van der Waals surface area contributed by atoms with Crippen LogP contribution in [0.15, 0.2) is 205 Å². The van der Waals surface area contributed by atoms with Crippen molar-refractivity contribution in [3.63, 3.8) is 0 Å². The summed E-state index contributed by atoms with van der Waals surface area (Å²) in [5.41, 5.74) is 12.0. The predicted octanol–water partition coefficient (Wildman–Crippen LogP) is 14.4. The van der Waals surface area contributed by atoms with Crippen LogP contribution in [0.3, 0.4) is 0 Å². The molecular weight excluding hydrogens is 631 g/mol. The number of hydrogen-bond acceptors (Lipinski definition) is 2. The van der Waals surface area contributed by atoms with Gasteiger partial charge in [0.05, 0.1) is 5.69 Å². The lowest BCUT2D eigenvalue weighted by molar-refractivity contribution is 0.669. The predicted molar refractivity (Wildman–Crippen MR) is 220 cm³/mol. The average molecular weight is 664 g/mol. The molecule has 2 nitrogen and oxygen atoms in total. The highest BCUT2D eigenvalue weighted by Crippen LogP contribution is 2.45. The van der Waals surface area contributed by atoms with Crippen molar-refractivity contribution in [1.29, 1.82) is 0 Å². The van der Waals surface area contributed by atoms with Crippen LogP contribution < -0.4 is 4.90 Å². The van der Waals surface area contributed by atoms with Gasteiger partial charge in [-0.1, -0.05) is 152 Å². The fraction of sp³-hybridized carbons (Fsp3) is 0. The molecule has 10 rings (SSSR count). The quantitative estimate of drug-likeness (QED) is 0.176. The molecule has 0 aliphatic carbocycles. The monoisotopic (exact) mass is 663 g/mol. The van der Waals surface area contributed by atoms with Crippen LogP contribution in [-0.2, 0) is 0 Å². The molecule has 52 heavy (non-hydrogen) atoms. The number of nitrogens with zero attached hydrogens (tertiary/aromatic N) is 1. The third-order valence-electron chi connectivity index (χ3n) is 10.2. The summed E-state index contributed by atoms with van der Waals surface area (Å²) in [6, 6.07) is 71.5. The van der Waals surface area contributed by atoms with Gasteiger partial charge in [0.1, 0.15) is 11.2 Å². The molecule has 244 valence electrons. The van der Waals surface area contributed by atoms with Crippen molar-refractivity contribution >= 4 is 60.5 Å². The fourth-order valence-electron chi connectivity index (χ4n) is 7.75. The zero-order valence-electron chi connectivity index (χ0n) is 28.4. The van der Waals surface area contributed by atoms with Gasteiger partial charge in [0.15, 0.2) is 0 Å². The van der Waals surface area contributed by atoms with Crippen LogP contribution in [0.1, 0.15) is 0 Å². The van der Waals surface area contributed by atoms with Gasteiger partial charge in [0.25, 0.3) is 0 Å². The minimum atomic E-state index is 0.858. The number of para-hydroxylation sites is 1. The Balaban J connectivity index is 1.16. The molecule has 0 aliphatic rings. The molecule has 0 fully saturated rings. The first-order valence-corrected chi connectivity index (χ1v) is 17.8. The molecule has 0 bridgehead atoms. The summed E-state index contributed by atoms with van der Waals surface area (Å²) in [6.07, 6.45) is 0. The van der Waals surface area contributed by atoms with Crippen molar-refractivity contribution in [2.75, 3.05) is 4.90 Å². The summed E-state index contributed by atoms with van der Waals surface area (Å²) in [7, 11) is 0. The Hall–Kier alpha value is -6.90. The number of furan rings is 1. The van der Waals surface area contributed by atoms with E-state index in [1.165, 1.54) is 49.4 Å². The second-order valence-electron chi connectivity index (χ2n) is 13.3. The highest BCUT2D eigenvalue weighted by Gasteiger charge is 2.20. The van der Waals surface area contributed by atoms with E-state index >= 15 is 0 Å². The van der Waals surface area contributed by atoms with Crippen molar-refractivity contribution in [2.45, 2.75) is 0 Å².